The SMILES string of the molecule is CC/C=C\C/C=C\C/C=C\C/C=C\C/C=C\C/C=C\C/C=C\CCCCCCCCCCCC(=O)OCC(COC(=O)CCCC/C=C\C/C=C\C/C=C\C/C=C\CC)OC(=O)CCCCCCCCCCCCCCCCCCCCC. The van der Waals surface area contributed by atoms with Crippen LogP contribution in [0.1, 0.15) is 316 Å². The predicted molar refractivity (Wildman–Crippen MR) is 362 cm³/mol. The lowest BCUT2D eigenvalue weighted by molar-refractivity contribution is -0.167. The Kier molecular flexibility index (Phi) is 66.3. The number of hydrogen-bond acceptors (Lipinski definition) is 6. The number of ether oxygens (including phenoxy) is 3. The molecule has 0 radical (unpaired) electrons. The second-order valence-electron chi connectivity index (χ2n) is 22.7. The van der Waals surface area contributed by atoms with Crippen molar-refractivity contribution in [3.05, 3.63) is 134 Å². The van der Waals surface area contributed by atoms with E-state index in [1.165, 1.54) is 141 Å². The molecule has 0 fully saturated rings. The van der Waals surface area contributed by atoms with Crippen molar-refractivity contribution in [2.24, 2.45) is 0 Å². The maximum atomic E-state index is 12.9. The summed E-state index contributed by atoms with van der Waals surface area (Å²) >= 11 is 0. The lowest BCUT2D eigenvalue weighted by atomic mass is 10.0. The van der Waals surface area contributed by atoms with Crippen LogP contribution in [0.3, 0.4) is 0 Å². The summed E-state index contributed by atoms with van der Waals surface area (Å²) in [6.45, 7) is 6.40. The molecule has 0 saturated carbocycles. The normalized spacial score (nSPS) is 13.0. The van der Waals surface area contributed by atoms with Gasteiger partial charge in [-0.15, -0.1) is 0 Å². The molecule has 0 aliphatic rings. The molecule has 0 rings (SSSR count). The minimum Gasteiger partial charge on any atom is -0.462 e. The van der Waals surface area contributed by atoms with Crippen molar-refractivity contribution in [3.8, 4) is 0 Å². The summed E-state index contributed by atoms with van der Waals surface area (Å²) in [5.41, 5.74) is 0. The first-order chi connectivity index (χ1) is 41.0. The molecule has 0 heterocycles. The Morgan fingerprint density at radius 3 is 0.759 bits per heavy atom. The van der Waals surface area contributed by atoms with Gasteiger partial charge in [0.25, 0.3) is 0 Å². The van der Waals surface area contributed by atoms with Crippen molar-refractivity contribution >= 4 is 17.9 Å². The fourth-order valence-corrected chi connectivity index (χ4v) is 9.53. The molecule has 0 aromatic heterocycles. The van der Waals surface area contributed by atoms with Crippen LogP contribution in [0, 0.1) is 0 Å². The van der Waals surface area contributed by atoms with Gasteiger partial charge in [-0.3, -0.25) is 14.4 Å². The van der Waals surface area contributed by atoms with Crippen LogP contribution in [0.4, 0.5) is 0 Å². The molecule has 0 spiro atoms. The van der Waals surface area contributed by atoms with Crippen LogP contribution in [0.5, 0.6) is 0 Å². The largest absolute Gasteiger partial charge is 0.462 e. The van der Waals surface area contributed by atoms with E-state index in [4.69, 9.17) is 14.2 Å². The predicted octanol–water partition coefficient (Wildman–Crippen LogP) is 24.1. The van der Waals surface area contributed by atoms with Gasteiger partial charge in [-0.1, -0.05) is 315 Å². The highest BCUT2D eigenvalue weighted by Crippen LogP contribution is 2.17. The monoisotopic (exact) mass is 1150 g/mol. The van der Waals surface area contributed by atoms with Crippen molar-refractivity contribution in [3.63, 3.8) is 0 Å². The summed E-state index contributed by atoms with van der Waals surface area (Å²) in [6.07, 6.45) is 99.0. The van der Waals surface area contributed by atoms with Gasteiger partial charge in [0.1, 0.15) is 13.2 Å². The highest BCUT2D eigenvalue weighted by atomic mass is 16.6. The van der Waals surface area contributed by atoms with Crippen LogP contribution in [0.15, 0.2) is 134 Å². The lowest BCUT2D eigenvalue weighted by Gasteiger charge is -2.18. The van der Waals surface area contributed by atoms with E-state index in [9.17, 15) is 14.4 Å². The fourth-order valence-electron chi connectivity index (χ4n) is 9.53. The molecule has 0 N–H and O–H groups in total. The minimum absolute atomic E-state index is 0.0951. The standard InChI is InChI=1S/C77H128O6/c1-4-7-10-13-16-19-22-25-28-30-32-33-34-35-36-37-38-39-40-41-42-43-45-46-49-52-55-58-61-64-67-70-76(79)82-73-74(72-81-75(78)69-66-63-60-57-54-51-48-27-24-21-18-15-12-9-6-3)83-77(80)71-68-65-62-59-56-53-50-47-44-31-29-26-23-20-17-14-11-8-5-2/h7,9-10,12,16,18-19,21,25,27-28,32-33,35-36,38-39,41-42,48,54,57,74H,4-6,8,11,13-15,17,20,22-24,26,29-31,34,37,40,43-47,49-53,55-56,58-73H2,1-3H3/b10-7-,12-9-,19-16-,21-18-,28-25-,33-32-,36-35-,39-38-,42-41-,48-27-,57-54-. The molecule has 0 aromatic rings. The molecule has 83 heavy (non-hydrogen) atoms. The fraction of sp³-hybridized carbons (Fsp3) is 0.675. The molecule has 0 aromatic carbocycles. The van der Waals surface area contributed by atoms with Gasteiger partial charge in [0.05, 0.1) is 0 Å². The number of carbonyl (C=O) groups is 3. The number of hydrogen-bond donors (Lipinski definition) is 0. The minimum atomic E-state index is -0.801. The molecule has 0 bridgehead atoms. The first kappa shape index (κ1) is 78.5. The van der Waals surface area contributed by atoms with Crippen molar-refractivity contribution < 1.29 is 28.6 Å². The van der Waals surface area contributed by atoms with Gasteiger partial charge in [-0.2, -0.15) is 0 Å². The van der Waals surface area contributed by atoms with Gasteiger partial charge in [0, 0.05) is 19.3 Å². The van der Waals surface area contributed by atoms with E-state index in [1.807, 2.05) is 0 Å². The number of carbonyl (C=O) groups excluding carboxylic acids is 3. The number of esters is 3. The summed E-state index contributed by atoms with van der Waals surface area (Å²) in [4.78, 5) is 38.4. The molecular weight excluding hydrogens is 1020 g/mol. The Balaban J connectivity index is 4.35. The maximum absolute atomic E-state index is 12.9. The smallest absolute Gasteiger partial charge is 0.306 e. The highest BCUT2D eigenvalue weighted by Gasteiger charge is 2.19. The maximum Gasteiger partial charge on any atom is 0.306 e. The van der Waals surface area contributed by atoms with Crippen molar-refractivity contribution in [1.29, 1.82) is 0 Å². The quantitative estimate of drug-likeness (QED) is 0.0261. The summed E-state index contributed by atoms with van der Waals surface area (Å²) in [7, 11) is 0. The molecular formula is C77H128O6. The zero-order valence-corrected chi connectivity index (χ0v) is 54.2. The second-order valence-corrected chi connectivity index (χ2v) is 22.7. The van der Waals surface area contributed by atoms with E-state index < -0.39 is 6.10 Å². The molecule has 0 amide bonds. The van der Waals surface area contributed by atoms with Crippen molar-refractivity contribution in [2.75, 3.05) is 13.2 Å². The zero-order chi connectivity index (χ0) is 59.9. The van der Waals surface area contributed by atoms with E-state index in [2.05, 4.69) is 154 Å². The Labute approximate surface area is 513 Å². The van der Waals surface area contributed by atoms with Crippen LogP contribution in [0.2, 0.25) is 0 Å². The number of unbranched alkanes of at least 4 members (excludes halogenated alkanes) is 29. The van der Waals surface area contributed by atoms with Gasteiger partial charge in [-0.05, 0) is 116 Å². The average Bonchev–Trinajstić information content (AvgIpc) is 3.49. The summed E-state index contributed by atoms with van der Waals surface area (Å²) in [6, 6.07) is 0. The summed E-state index contributed by atoms with van der Waals surface area (Å²) in [5.74, 6) is -0.933. The Morgan fingerprint density at radius 1 is 0.253 bits per heavy atom. The third-order valence-electron chi connectivity index (χ3n) is 14.7. The van der Waals surface area contributed by atoms with Crippen LogP contribution in [-0.4, -0.2) is 37.2 Å². The number of allylic oxidation sites excluding steroid dienone is 22. The van der Waals surface area contributed by atoms with Crippen LogP contribution in [-0.2, 0) is 28.6 Å². The third kappa shape index (κ3) is 68.2. The Morgan fingerprint density at radius 2 is 0.470 bits per heavy atom. The molecule has 1 atom stereocenters. The number of rotatable bonds is 62. The first-order valence-corrected chi connectivity index (χ1v) is 34.7. The second kappa shape index (κ2) is 70.0. The Hall–Kier alpha value is -4.45. The van der Waals surface area contributed by atoms with E-state index in [0.29, 0.717) is 19.3 Å². The van der Waals surface area contributed by atoms with Crippen LogP contribution in [0.25, 0.3) is 0 Å². The van der Waals surface area contributed by atoms with Crippen LogP contribution >= 0.6 is 0 Å². The molecule has 6 heteroatoms. The average molecular weight is 1150 g/mol. The molecule has 0 aliphatic carbocycles. The molecule has 1 unspecified atom stereocenters. The molecule has 6 nitrogen and oxygen atoms in total. The van der Waals surface area contributed by atoms with E-state index in [-0.39, 0.29) is 31.1 Å². The highest BCUT2D eigenvalue weighted by molar-refractivity contribution is 5.71. The summed E-state index contributed by atoms with van der Waals surface area (Å²) < 4.78 is 16.9. The molecule has 0 saturated heterocycles. The van der Waals surface area contributed by atoms with Crippen molar-refractivity contribution in [1.82, 2.24) is 0 Å². The van der Waals surface area contributed by atoms with E-state index >= 15 is 0 Å². The van der Waals surface area contributed by atoms with E-state index in [0.717, 1.165) is 135 Å². The lowest BCUT2D eigenvalue weighted by Crippen LogP contribution is -2.30. The van der Waals surface area contributed by atoms with Gasteiger partial charge in [-0.25, -0.2) is 0 Å². The zero-order valence-electron chi connectivity index (χ0n) is 54.2. The van der Waals surface area contributed by atoms with Gasteiger partial charge in [0.15, 0.2) is 6.10 Å². The third-order valence-corrected chi connectivity index (χ3v) is 14.7. The Bertz CT molecular complexity index is 1750. The summed E-state index contributed by atoms with van der Waals surface area (Å²) in [5, 5.41) is 0. The molecule has 472 valence electrons. The first-order valence-electron chi connectivity index (χ1n) is 34.7. The molecule has 0 aliphatic heterocycles. The van der Waals surface area contributed by atoms with Crippen LogP contribution < -0.4 is 0 Å². The van der Waals surface area contributed by atoms with Gasteiger partial charge < -0.3 is 14.2 Å². The topological polar surface area (TPSA) is 78.9 Å². The van der Waals surface area contributed by atoms with Crippen molar-refractivity contribution in [2.45, 2.75) is 322 Å². The van der Waals surface area contributed by atoms with Gasteiger partial charge >= 0.3 is 17.9 Å². The van der Waals surface area contributed by atoms with Gasteiger partial charge in [0.2, 0.25) is 0 Å². The van der Waals surface area contributed by atoms with E-state index in [1.54, 1.807) is 0 Å².